The summed E-state index contributed by atoms with van der Waals surface area (Å²) in [6.45, 7) is 0. The second-order valence-electron chi connectivity index (χ2n) is 8.72. The van der Waals surface area contributed by atoms with Gasteiger partial charge in [0.15, 0.2) is 9.84 Å². The fraction of sp³-hybridized carbons (Fsp3) is 0.240. The van der Waals surface area contributed by atoms with Crippen molar-refractivity contribution in [3.05, 3.63) is 76.0 Å². The summed E-state index contributed by atoms with van der Waals surface area (Å²) < 4.78 is 67.8. The van der Waals surface area contributed by atoms with Crippen LogP contribution in [0.4, 0.5) is 13.2 Å². The van der Waals surface area contributed by atoms with Crippen molar-refractivity contribution in [2.75, 3.05) is 5.75 Å². The van der Waals surface area contributed by atoms with Gasteiger partial charge in [-0.25, -0.2) is 13.4 Å². The molecule has 5 rings (SSSR count). The molecule has 3 aromatic carbocycles. The highest BCUT2D eigenvalue weighted by atomic mass is 35.5. The summed E-state index contributed by atoms with van der Waals surface area (Å²) in [5, 5.41) is 0.214. The van der Waals surface area contributed by atoms with E-state index in [4.69, 9.17) is 23.2 Å². The van der Waals surface area contributed by atoms with Gasteiger partial charge in [-0.1, -0.05) is 53.5 Å². The van der Waals surface area contributed by atoms with Gasteiger partial charge in [0.1, 0.15) is 17.1 Å². The first kappa shape index (κ1) is 24.9. The van der Waals surface area contributed by atoms with E-state index in [1.165, 1.54) is 18.2 Å². The Morgan fingerprint density at radius 2 is 1.75 bits per heavy atom. The fourth-order valence-electron chi connectivity index (χ4n) is 4.05. The van der Waals surface area contributed by atoms with Crippen LogP contribution in [0.5, 0.6) is 5.75 Å². The Bertz CT molecular complexity index is 1550. The lowest BCUT2D eigenvalue weighted by atomic mass is 10.0. The molecule has 0 aliphatic heterocycles. The molecule has 1 N–H and O–H groups in total. The van der Waals surface area contributed by atoms with E-state index in [2.05, 4.69) is 14.7 Å². The quantitative estimate of drug-likeness (QED) is 0.262. The van der Waals surface area contributed by atoms with Gasteiger partial charge >= 0.3 is 6.36 Å². The number of rotatable bonds is 7. The van der Waals surface area contributed by atoms with Crippen LogP contribution in [0.3, 0.4) is 0 Å². The Kier molecular flexibility index (Phi) is 6.43. The average molecular weight is 555 g/mol. The number of nitrogens with one attached hydrogen (secondary N) is 1. The number of aromatic amines is 1. The van der Waals surface area contributed by atoms with E-state index in [1.54, 1.807) is 36.4 Å². The van der Waals surface area contributed by atoms with E-state index in [0.717, 1.165) is 18.4 Å². The van der Waals surface area contributed by atoms with Gasteiger partial charge in [-0.05, 0) is 48.6 Å². The molecule has 0 radical (unpaired) electrons. The van der Waals surface area contributed by atoms with Gasteiger partial charge in [-0.3, -0.25) is 0 Å². The summed E-state index contributed by atoms with van der Waals surface area (Å²) in [4.78, 5) is 7.95. The molecule has 0 spiro atoms. The molecule has 1 aromatic heterocycles. The number of imidazole rings is 1. The highest BCUT2D eigenvalue weighted by molar-refractivity contribution is 7.91. The first-order chi connectivity index (χ1) is 17.0. The molecule has 1 saturated carbocycles. The van der Waals surface area contributed by atoms with Crippen molar-refractivity contribution in [3.8, 4) is 16.9 Å². The monoisotopic (exact) mass is 554 g/mol. The zero-order chi connectivity index (χ0) is 25.7. The zero-order valence-corrected chi connectivity index (χ0v) is 20.9. The van der Waals surface area contributed by atoms with Crippen LogP contribution in [-0.2, 0) is 16.3 Å². The average Bonchev–Trinajstić information content (AvgIpc) is 3.50. The second kappa shape index (κ2) is 9.28. The lowest BCUT2D eigenvalue weighted by Gasteiger charge is -2.15. The molecule has 1 aliphatic carbocycles. The molecular formula is C25H19Cl2F3N2O3S. The summed E-state index contributed by atoms with van der Waals surface area (Å²) in [5.41, 5.74) is 1.94. The second-order valence-corrected chi connectivity index (χ2v) is 11.5. The highest BCUT2D eigenvalue weighted by Gasteiger charge is 2.33. The molecule has 1 heterocycles. The zero-order valence-electron chi connectivity index (χ0n) is 18.6. The Hall–Kier alpha value is -2.75. The van der Waals surface area contributed by atoms with Crippen LogP contribution in [0, 0.1) is 5.92 Å². The van der Waals surface area contributed by atoms with Crippen LogP contribution in [0.1, 0.15) is 24.2 Å². The fourth-order valence-corrected chi connectivity index (χ4v) is 6.45. The maximum Gasteiger partial charge on any atom is 0.573 e. The van der Waals surface area contributed by atoms with Gasteiger partial charge in [0.2, 0.25) is 0 Å². The molecule has 5 nitrogen and oxygen atoms in total. The minimum absolute atomic E-state index is 0.0827. The number of sulfone groups is 1. The number of hydrogen-bond acceptors (Lipinski definition) is 4. The van der Waals surface area contributed by atoms with Crippen molar-refractivity contribution in [1.29, 1.82) is 0 Å². The standard InChI is InChI=1S/C25H19Cl2F3N2O3S/c26-18-12-19-24(23(27)22(18)17-3-1-2-4-20(17)35-25(28,29)30)32-21(31-19)11-14-7-9-16(10-8-14)36(33,34)13-15-5-6-15/h1-4,7-10,12,15H,5-6,11,13H2,(H,31,32). The lowest BCUT2D eigenvalue weighted by molar-refractivity contribution is -0.274. The highest BCUT2D eigenvalue weighted by Crippen LogP contribution is 2.44. The van der Waals surface area contributed by atoms with Gasteiger partial charge in [-0.15, -0.1) is 13.2 Å². The van der Waals surface area contributed by atoms with E-state index in [0.29, 0.717) is 28.2 Å². The molecule has 0 bridgehead atoms. The third-order valence-electron chi connectivity index (χ3n) is 5.91. The van der Waals surface area contributed by atoms with Crippen LogP contribution in [0.2, 0.25) is 10.0 Å². The normalized spacial score (nSPS) is 14.4. The largest absolute Gasteiger partial charge is 0.573 e. The summed E-state index contributed by atoms with van der Waals surface area (Å²) in [7, 11) is -3.30. The lowest BCUT2D eigenvalue weighted by Crippen LogP contribution is -2.17. The molecular weight excluding hydrogens is 536 g/mol. The number of para-hydroxylation sites is 1. The third-order valence-corrected chi connectivity index (χ3v) is 8.47. The summed E-state index contributed by atoms with van der Waals surface area (Å²) in [6.07, 6.45) is -2.61. The van der Waals surface area contributed by atoms with Gasteiger partial charge in [-0.2, -0.15) is 0 Å². The topological polar surface area (TPSA) is 72.1 Å². The minimum Gasteiger partial charge on any atom is -0.405 e. The van der Waals surface area contributed by atoms with Crippen molar-refractivity contribution in [3.63, 3.8) is 0 Å². The molecule has 0 saturated heterocycles. The Morgan fingerprint density at radius 3 is 2.42 bits per heavy atom. The predicted octanol–water partition coefficient (Wildman–Crippen LogP) is 7.21. The Morgan fingerprint density at radius 1 is 1.06 bits per heavy atom. The molecule has 188 valence electrons. The number of fused-ring (bicyclic) bond motifs is 1. The third kappa shape index (κ3) is 5.33. The molecule has 0 unspecified atom stereocenters. The number of H-pyrrole nitrogens is 1. The first-order valence-corrected chi connectivity index (χ1v) is 13.4. The van der Waals surface area contributed by atoms with E-state index >= 15 is 0 Å². The summed E-state index contributed by atoms with van der Waals surface area (Å²) in [6, 6.07) is 13.8. The summed E-state index contributed by atoms with van der Waals surface area (Å²) >= 11 is 13.0. The van der Waals surface area contributed by atoms with Gasteiger partial charge in [0.05, 0.1) is 26.2 Å². The van der Waals surface area contributed by atoms with Crippen LogP contribution < -0.4 is 4.74 Å². The maximum absolute atomic E-state index is 12.9. The molecule has 1 fully saturated rings. The number of hydrogen-bond donors (Lipinski definition) is 1. The number of ether oxygens (including phenoxy) is 1. The molecule has 36 heavy (non-hydrogen) atoms. The van der Waals surface area contributed by atoms with Crippen molar-refractivity contribution >= 4 is 44.1 Å². The van der Waals surface area contributed by atoms with Crippen LogP contribution in [-0.4, -0.2) is 30.5 Å². The number of benzene rings is 3. The van der Waals surface area contributed by atoms with E-state index in [-0.39, 0.29) is 32.8 Å². The van der Waals surface area contributed by atoms with E-state index in [1.807, 2.05) is 0 Å². The van der Waals surface area contributed by atoms with Crippen LogP contribution >= 0.6 is 23.2 Å². The number of nitrogens with zero attached hydrogens (tertiary/aromatic N) is 1. The van der Waals surface area contributed by atoms with Crippen LogP contribution in [0.25, 0.3) is 22.2 Å². The molecule has 4 aromatic rings. The van der Waals surface area contributed by atoms with Gasteiger partial charge in [0, 0.05) is 17.5 Å². The van der Waals surface area contributed by atoms with Crippen molar-refractivity contribution in [2.45, 2.75) is 30.5 Å². The number of halogens is 5. The van der Waals surface area contributed by atoms with Gasteiger partial charge in [0.25, 0.3) is 0 Å². The van der Waals surface area contributed by atoms with Crippen LogP contribution in [0.15, 0.2) is 59.5 Å². The van der Waals surface area contributed by atoms with Crippen molar-refractivity contribution in [1.82, 2.24) is 9.97 Å². The SMILES string of the molecule is O=S(=O)(CC1CC1)c1ccc(Cc2nc3c(Cl)c(-c4ccccc4OC(F)(F)F)c(Cl)cc3[nH]2)cc1. The van der Waals surface area contributed by atoms with E-state index < -0.39 is 21.9 Å². The van der Waals surface area contributed by atoms with Crippen molar-refractivity contribution < 1.29 is 26.3 Å². The number of alkyl halides is 3. The molecule has 0 amide bonds. The summed E-state index contributed by atoms with van der Waals surface area (Å²) in [5.74, 6) is 0.544. The minimum atomic E-state index is -4.88. The first-order valence-electron chi connectivity index (χ1n) is 11.0. The van der Waals surface area contributed by atoms with Gasteiger partial charge < -0.3 is 9.72 Å². The Balaban J connectivity index is 1.45. The predicted molar refractivity (Wildman–Crippen MR) is 132 cm³/mol. The van der Waals surface area contributed by atoms with Crippen molar-refractivity contribution in [2.24, 2.45) is 5.92 Å². The number of aromatic nitrogens is 2. The molecule has 0 atom stereocenters. The van der Waals surface area contributed by atoms with E-state index in [9.17, 15) is 21.6 Å². The molecule has 11 heteroatoms. The molecule has 1 aliphatic rings. The Labute approximate surface area is 215 Å². The maximum atomic E-state index is 12.9. The smallest absolute Gasteiger partial charge is 0.405 e.